The summed E-state index contributed by atoms with van der Waals surface area (Å²) >= 11 is 0. The van der Waals surface area contributed by atoms with Crippen LogP contribution < -0.4 is 15.5 Å². The topological polar surface area (TPSA) is 91.0 Å². The number of morpholine rings is 1. The Morgan fingerprint density at radius 3 is 2.58 bits per heavy atom. The Labute approximate surface area is 180 Å². The van der Waals surface area contributed by atoms with Gasteiger partial charge in [-0.2, -0.15) is 0 Å². The van der Waals surface area contributed by atoms with Crippen molar-refractivity contribution in [2.45, 2.75) is 18.4 Å². The zero-order valence-corrected chi connectivity index (χ0v) is 17.1. The van der Waals surface area contributed by atoms with Gasteiger partial charge in [-0.05, 0) is 48.2 Å². The molecule has 5 rings (SSSR count). The van der Waals surface area contributed by atoms with Gasteiger partial charge in [0.05, 0.1) is 13.2 Å². The minimum absolute atomic E-state index is 0.320. The number of hydrogen-bond acceptors (Lipinski definition) is 5. The first kappa shape index (κ1) is 19.6. The number of aryl methyl sites for hydroxylation is 1. The van der Waals surface area contributed by atoms with Crippen molar-refractivity contribution in [3.63, 3.8) is 0 Å². The molecule has 2 N–H and O–H groups in total. The summed E-state index contributed by atoms with van der Waals surface area (Å²) in [5, 5.41) is 5.62. The summed E-state index contributed by atoms with van der Waals surface area (Å²) in [6.07, 6.45) is 1.23. The van der Waals surface area contributed by atoms with E-state index in [0.717, 1.165) is 41.2 Å². The van der Waals surface area contributed by atoms with E-state index in [1.54, 1.807) is 0 Å². The molecular formula is C23H24N4O4. The lowest BCUT2D eigenvalue weighted by molar-refractivity contribution is -0.134. The number of imide groups is 1. The van der Waals surface area contributed by atoms with E-state index in [-0.39, 0.29) is 12.5 Å². The number of ether oxygens (including phenoxy) is 1. The Bertz CT molecular complexity index is 1030. The van der Waals surface area contributed by atoms with Crippen LogP contribution in [0.15, 0.2) is 48.5 Å². The lowest BCUT2D eigenvalue weighted by atomic mass is 9.92. The quantitative estimate of drug-likeness (QED) is 0.737. The van der Waals surface area contributed by atoms with E-state index in [4.69, 9.17) is 4.74 Å². The minimum atomic E-state index is -1.05. The number of nitrogens with zero attached hydrogens (tertiary/aromatic N) is 2. The Morgan fingerprint density at radius 1 is 1.06 bits per heavy atom. The fourth-order valence-electron chi connectivity index (χ4n) is 4.65. The summed E-state index contributed by atoms with van der Waals surface area (Å²) in [5.41, 5.74) is 2.53. The van der Waals surface area contributed by atoms with E-state index < -0.39 is 17.5 Å². The van der Waals surface area contributed by atoms with Crippen molar-refractivity contribution in [3.8, 4) is 0 Å². The average molecular weight is 420 g/mol. The average Bonchev–Trinajstić information content (AvgIpc) is 3.28. The van der Waals surface area contributed by atoms with Crippen LogP contribution in [0, 0.1) is 0 Å². The molecule has 8 heteroatoms. The van der Waals surface area contributed by atoms with Crippen molar-refractivity contribution in [2.75, 3.05) is 43.1 Å². The standard InChI is InChI=1S/C23H24N4O4/c28-20(24-17-5-7-18(8-6-17)26-11-13-31-14-12-26)15-27-21(29)23(25-22(27)30)10-9-16-3-1-2-4-19(16)23/h1-8H,9-15H2,(H,24,28)(H,25,30)/t23-/m1/s1. The molecule has 1 aliphatic carbocycles. The summed E-state index contributed by atoms with van der Waals surface area (Å²) in [5.74, 6) is -0.772. The molecule has 2 aliphatic heterocycles. The maximum Gasteiger partial charge on any atom is 0.325 e. The van der Waals surface area contributed by atoms with E-state index in [1.807, 2.05) is 48.5 Å². The Balaban J connectivity index is 1.25. The second-order valence-corrected chi connectivity index (χ2v) is 8.08. The van der Waals surface area contributed by atoms with Gasteiger partial charge in [0.15, 0.2) is 0 Å². The normalized spacial score (nSPS) is 22.6. The fraction of sp³-hybridized carbons (Fsp3) is 0.348. The third-order valence-corrected chi connectivity index (χ3v) is 6.25. The molecular weight excluding hydrogens is 396 g/mol. The zero-order chi connectivity index (χ0) is 21.4. The van der Waals surface area contributed by atoms with Crippen LogP contribution in [0.1, 0.15) is 17.5 Å². The van der Waals surface area contributed by atoms with Crippen LogP contribution in [-0.2, 0) is 26.3 Å². The molecule has 0 aromatic heterocycles. The Kier molecular flexibility index (Phi) is 4.86. The number of urea groups is 1. The van der Waals surface area contributed by atoms with Crippen LogP contribution in [-0.4, -0.2) is 55.6 Å². The third-order valence-electron chi connectivity index (χ3n) is 6.25. The van der Waals surface area contributed by atoms with Crippen molar-refractivity contribution in [1.29, 1.82) is 0 Å². The molecule has 160 valence electrons. The minimum Gasteiger partial charge on any atom is -0.378 e. The van der Waals surface area contributed by atoms with Gasteiger partial charge < -0.3 is 20.3 Å². The molecule has 0 radical (unpaired) electrons. The highest BCUT2D eigenvalue weighted by Crippen LogP contribution is 2.41. The molecule has 2 heterocycles. The highest BCUT2D eigenvalue weighted by Gasteiger charge is 2.55. The number of hydrogen-bond donors (Lipinski definition) is 2. The van der Waals surface area contributed by atoms with E-state index in [2.05, 4.69) is 15.5 Å². The summed E-state index contributed by atoms with van der Waals surface area (Å²) in [6.45, 7) is 2.76. The molecule has 2 fully saturated rings. The first-order chi connectivity index (χ1) is 15.1. The van der Waals surface area contributed by atoms with Gasteiger partial charge >= 0.3 is 6.03 Å². The Hall–Kier alpha value is -3.39. The van der Waals surface area contributed by atoms with Gasteiger partial charge in [0, 0.05) is 24.5 Å². The van der Waals surface area contributed by atoms with Gasteiger partial charge in [0.1, 0.15) is 12.1 Å². The molecule has 0 bridgehead atoms. The van der Waals surface area contributed by atoms with Crippen LogP contribution in [0.2, 0.25) is 0 Å². The lowest BCUT2D eigenvalue weighted by Gasteiger charge is -2.28. The number of rotatable bonds is 4. The number of benzene rings is 2. The van der Waals surface area contributed by atoms with Gasteiger partial charge in [-0.15, -0.1) is 0 Å². The van der Waals surface area contributed by atoms with E-state index in [0.29, 0.717) is 25.3 Å². The van der Waals surface area contributed by atoms with Gasteiger partial charge in [-0.1, -0.05) is 24.3 Å². The molecule has 0 saturated carbocycles. The van der Waals surface area contributed by atoms with Crippen LogP contribution in [0.4, 0.5) is 16.2 Å². The molecule has 8 nitrogen and oxygen atoms in total. The summed E-state index contributed by atoms with van der Waals surface area (Å²) in [6, 6.07) is 14.6. The molecule has 4 amide bonds. The number of amides is 4. The number of fused-ring (bicyclic) bond motifs is 2. The van der Waals surface area contributed by atoms with Gasteiger partial charge in [0.25, 0.3) is 5.91 Å². The molecule has 31 heavy (non-hydrogen) atoms. The molecule has 2 aromatic rings. The van der Waals surface area contributed by atoms with Crippen molar-refractivity contribution < 1.29 is 19.1 Å². The van der Waals surface area contributed by atoms with Crippen molar-refractivity contribution in [1.82, 2.24) is 10.2 Å². The predicted molar refractivity (Wildman–Crippen MR) is 115 cm³/mol. The molecule has 2 aromatic carbocycles. The zero-order valence-electron chi connectivity index (χ0n) is 17.1. The van der Waals surface area contributed by atoms with Crippen LogP contribution in [0.5, 0.6) is 0 Å². The monoisotopic (exact) mass is 420 g/mol. The van der Waals surface area contributed by atoms with Crippen LogP contribution in [0.3, 0.4) is 0 Å². The largest absolute Gasteiger partial charge is 0.378 e. The highest BCUT2D eigenvalue weighted by atomic mass is 16.5. The van der Waals surface area contributed by atoms with E-state index in [1.165, 1.54) is 0 Å². The first-order valence-electron chi connectivity index (χ1n) is 10.5. The molecule has 3 aliphatic rings. The van der Waals surface area contributed by atoms with Gasteiger partial charge in [-0.25, -0.2) is 4.79 Å². The molecule has 1 atom stereocenters. The SMILES string of the molecule is O=C(CN1C(=O)N[C@@]2(CCc3ccccc32)C1=O)Nc1ccc(N2CCOCC2)cc1. The summed E-state index contributed by atoms with van der Waals surface area (Å²) in [4.78, 5) is 41.5. The second-order valence-electron chi connectivity index (χ2n) is 8.08. The molecule has 1 spiro atoms. The van der Waals surface area contributed by atoms with Gasteiger partial charge in [0.2, 0.25) is 5.91 Å². The predicted octanol–water partition coefficient (Wildman–Crippen LogP) is 1.86. The fourth-order valence-corrected chi connectivity index (χ4v) is 4.65. The van der Waals surface area contributed by atoms with E-state index >= 15 is 0 Å². The third kappa shape index (κ3) is 3.42. The molecule has 0 unspecified atom stereocenters. The summed E-state index contributed by atoms with van der Waals surface area (Å²) < 4.78 is 5.37. The Morgan fingerprint density at radius 2 is 1.81 bits per heavy atom. The van der Waals surface area contributed by atoms with Crippen molar-refractivity contribution in [3.05, 3.63) is 59.7 Å². The van der Waals surface area contributed by atoms with Crippen LogP contribution >= 0.6 is 0 Å². The van der Waals surface area contributed by atoms with E-state index in [9.17, 15) is 14.4 Å². The smallest absolute Gasteiger partial charge is 0.325 e. The van der Waals surface area contributed by atoms with Crippen molar-refractivity contribution in [2.24, 2.45) is 0 Å². The number of anilines is 2. The first-order valence-corrected chi connectivity index (χ1v) is 10.5. The van der Waals surface area contributed by atoms with Gasteiger partial charge in [-0.3, -0.25) is 14.5 Å². The second kappa shape index (κ2) is 7.70. The van der Waals surface area contributed by atoms with Crippen LogP contribution in [0.25, 0.3) is 0 Å². The number of carbonyl (C=O) groups is 3. The molecule has 2 saturated heterocycles. The maximum absolute atomic E-state index is 13.2. The highest BCUT2D eigenvalue weighted by molar-refractivity contribution is 6.10. The lowest BCUT2D eigenvalue weighted by Crippen LogP contribution is -2.43. The number of nitrogens with one attached hydrogen (secondary N) is 2. The number of carbonyl (C=O) groups excluding carboxylic acids is 3. The summed E-state index contributed by atoms with van der Waals surface area (Å²) in [7, 11) is 0. The van der Waals surface area contributed by atoms with Crippen molar-refractivity contribution >= 4 is 29.2 Å². The maximum atomic E-state index is 13.2.